The van der Waals surface area contributed by atoms with Crippen molar-refractivity contribution in [2.75, 3.05) is 54.7 Å². The van der Waals surface area contributed by atoms with Crippen molar-refractivity contribution in [2.24, 2.45) is 0 Å². The third-order valence-corrected chi connectivity index (χ3v) is 6.68. The lowest BCUT2D eigenvalue weighted by Gasteiger charge is -2.25. The topological polar surface area (TPSA) is 104 Å². The second-order valence-corrected chi connectivity index (χ2v) is 9.26. The third-order valence-electron chi connectivity index (χ3n) is 3.85. The normalized spacial score (nSPS) is 12.7. The average molecular weight is 408 g/mol. The Morgan fingerprint density at radius 2 is 1.63 bits per heavy atom. The Labute approximate surface area is 162 Å². The van der Waals surface area contributed by atoms with Crippen molar-refractivity contribution >= 4 is 20.7 Å². The minimum atomic E-state index is -2.56. The molecular formula is C17H33NO8Si. The Balaban J connectivity index is 3.94. The van der Waals surface area contributed by atoms with Crippen LogP contribution in [0.2, 0.25) is 6.04 Å². The Morgan fingerprint density at radius 3 is 2.15 bits per heavy atom. The van der Waals surface area contributed by atoms with Gasteiger partial charge in [0.2, 0.25) is 0 Å². The van der Waals surface area contributed by atoms with E-state index in [-0.39, 0.29) is 25.2 Å². The summed E-state index contributed by atoms with van der Waals surface area (Å²) < 4.78 is 25.8. The first-order valence-corrected chi connectivity index (χ1v) is 10.6. The van der Waals surface area contributed by atoms with Crippen LogP contribution in [0.3, 0.4) is 0 Å². The number of aliphatic hydroxyl groups is 1. The number of hydrogen-bond acceptors (Lipinski definition) is 9. The van der Waals surface area contributed by atoms with E-state index in [0.29, 0.717) is 12.6 Å². The van der Waals surface area contributed by atoms with Gasteiger partial charge in [-0.3, -0.25) is 4.79 Å². The summed E-state index contributed by atoms with van der Waals surface area (Å²) >= 11 is 0. The molecule has 1 N–H and O–H groups in total. The van der Waals surface area contributed by atoms with Crippen LogP contribution in [0.4, 0.5) is 0 Å². The average Bonchev–Trinajstić information content (AvgIpc) is 2.66. The third kappa shape index (κ3) is 11.2. The zero-order chi connectivity index (χ0) is 20.9. The number of rotatable bonds is 15. The first kappa shape index (κ1) is 25.7. The monoisotopic (exact) mass is 407 g/mol. The van der Waals surface area contributed by atoms with E-state index >= 15 is 0 Å². The SMILES string of the molecule is C=C(C)C(=O)OCC(O)COC(=O)CCN(C)CCC[Si](OC)(OC)OC. The maximum atomic E-state index is 11.7. The molecule has 0 amide bonds. The molecule has 0 rings (SSSR count). The molecule has 0 aliphatic rings. The summed E-state index contributed by atoms with van der Waals surface area (Å²) in [5.41, 5.74) is 0.239. The summed E-state index contributed by atoms with van der Waals surface area (Å²) in [5.74, 6) is -1.02. The molecule has 0 saturated heterocycles. The van der Waals surface area contributed by atoms with Gasteiger partial charge in [0, 0.05) is 39.5 Å². The molecule has 0 aliphatic heterocycles. The number of carbonyl (C=O) groups excluding carboxylic acids is 2. The number of ether oxygens (including phenoxy) is 2. The van der Waals surface area contributed by atoms with Crippen molar-refractivity contribution in [3.63, 3.8) is 0 Å². The van der Waals surface area contributed by atoms with Crippen LogP contribution in [0.5, 0.6) is 0 Å². The van der Waals surface area contributed by atoms with Crippen LogP contribution in [0, 0.1) is 0 Å². The minimum Gasteiger partial charge on any atom is -0.463 e. The maximum Gasteiger partial charge on any atom is 0.500 e. The van der Waals surface area contributed by atoms with E-state index in [9.17, 15) is 14.7 Å². The fraction of sp³-hybridized carbons (Fsp3) is 0.765. The maximum absolute atomic E-state index is 11.7. The highest BCUT2D eigenvalue weighted by Crippen LogP contribution is 2.15. The molecule has 158 valence electrons. The summed E-state index contributed by atoms with van der Waals surface area (Å²) in [6, 6.07) is 0.681. The van der Waals surface area contributed by atoms with Gasteiger partial charge in [-0.05, 0) is 26.9 Å². The largest absolute Gasteiger partial charge is 0.500 e. The van der Waals surface area contributed by atoms with Crippen molar-refractivity contribution < 1.29 is 37.4 Å². The van der Waals surface area contributed by atoms with Gasteiger partial charge in [0.15, 0.2) is 0 Å². The van der Waals surface area contributed by atoms with Gasteiger partial charge >= 0.3 is 20.7 Å². The predicted octanol–water partition coefficient (Wildman–Crippen LogP) is 0.600. The highest BCUT2D eigenvalue weighted by atomic mass is 28.4. The summed E-state index contributed by atoms with van der Waals surface area (Å²) in [4.78, 5) is 24.9. The minimum absolute atomic E-state index is 0.191. The molecular weight excluding hydrogens is 374 g/mol. The molecule has 0 aromatic rings. The van der Waals surface area contributed by atoms with E-state index in [2.05, 4.69) is 6.58 Å². The van der Waals surface area contributed by atoms with Crippen LogP contribution >= 0.6 is 0 Å². The zero-order valence-corrected chi connectivity index (χ0v) is 18.0. The lowest BCUT2D eigenvalue weighted by molar-refractivity contribution is -0.150. The lowest BCUT2D eigenvalue weighted by Crippen LogP contribution is -2.43. The molecule has 10 heteroatoms. The molecule has 0 heterocycles. The second-order valence-electron chi connectivity index (χ2n) is 6.17. The lowest BCUT2D eigenvalue weighted by atomic mass is 10.3. The van der Waals surface area contributed by atoms with Gasteiger partial charge in [-0.25, -0.2) is 4.79 Å². The molecule has 0 radical (unpaired) electrons. The Hall–Kier alpha value is -1.30. The number of hydrogen-bond donors (Lipinski definition) is 1. The summed E-state index contributed by atoms with van der Waals surface area (Å²) in [6.07, 6.45) is -0.0683. The molecule has 0 aromatic heterocycles. The molecule has 9 nitrogen and oxygen atoms in total. The van der Waals surface area contributed by atoms with Crippen molar-refractivity contribution in [3.05, 3.63) is 12.2 Å². The van der Waals surface area contributed by atoms with Crippen molar-refractivity contribution in [2.45, 2.75) is 31.9 Å². The van der Waals surface area contributed by atoms with Crippen LogP contribution in [0.15, 0.2) is 12.2 Å². The van der Waals surface area contributed by atoms with Crippen molar-refractivity contribution in [1.29, 1.82) is 0 Å². The standard InChI is InChI=1S/C17H33NO8Si/c1-14(2)17(21)26-13-15(19)12-25-16(20)8-10-18(3)9-7-11-27(22-4,23-5)24-6/h15,19H,1,7-13H2,2-6H3. The molecule has 27 heavy (non-hydrogen) atoms. The smallest absolute Gasteiger partial charge is 0.463 e. The molecule has 0 bridgehead atoms. The number of nitrogens with zero attached hydrogens (tertiary/aromatic N) is 1. The Kier molecular flexibility index (Phi) is 13.1. The highest BCUT2D eigenvalue weighted by molar-refractivity contribution is 6.60. The summed E-state index contributed by atoms with van der Waals surface area (Å²) in [6.45, 7) is 5.73. The number of aliphatic hydroxyl groups excluding tert-OH is 1. The van der Waals surface area contributed by atoms with E-state index in [1.54, 1.807) is 21.3 Å². The Morgan fingerprint density at radius 1 is 1.07 bits per heavy atom. The fourth-order valence-electron chi connectivity index (χ4n) is 2.12. The van der Waals surface area contributed by atoms with Crippen LogP contribution in [0.1, 0.15) is 19.8 Å². The van der Waals surface area contributed by atoms with Crippen molar-refractivity contribution in [1.82, 2.24) is 4.90 Å². The van der Waals surface area contributed by atoms with E-state index in [1.807, 2.05) is 11.9 Å². The van der Waals surface area contributed by atoms with Crippen LogP contribution in [-0.2, 0) is 32.3 Å². The second kappa shape index (κ2) is 13.8. The quantitative estimate of drug-likeness (QED) is 0.237. The molecule has 0 spiro atoms. The van der Waals surface area contributed by atoms with Gasteiger partial charge in [-0.15, -0.1) is 0 Å². The van der Waals surface area contributed by atoms with E-state index in [0.717, 1.165) is 13.0 Å². The fourth-order valence-corrected chi connectivity index (χ4v) is 3.82. The molecule has 0 saturated carbocycles. The first-order valence-electron chi connectivity index (χ1n) is 8.70. The molecule has 1 unspecified atom stereocenters. The molecule has 0 fully saturated rings. The van der Waals surface area contributed by atoms with Gasteiger partial charge in [-0.2, -0.15) is 0 Å². The molecule has 0 aliphatic carbocycles. The van der Waals surface area contributed by atoms with Crippen LogP contribution < -0.4 is 0 Å². The van der Waals surface area contributed by atoms with Gasteiger partial charge in [0.05, 0.1) is 6.42 Å². The van der Waals surface area contributed by atoms with E-state index in [1.165, 1.54) is 6.92 Å². The van der Waals surface area contributed by atoms with Crippen LogP contribution in [0.25, 0.3) is 0 Å². The molecule has 0 aromatic carbocycles. The van der Waals surface area contributed by atoms with Gasteiger partial charge in [0.1, 0.15) is 19.3 Å². The zero-order valence-electron chi connectivity index (χ0n) is 17.0. The number of carbonyl (C=O) groups is 2. The van der Waals surface area contributed by atoms with Gasteiger partial charge in [-0.1, -0.05) is 6.58 Å². The summed E-state index contributed by atoms with van der Waals surface area (Å²) in [7, 11) is 4.06. The van der Waals surface area contributed by atoms with Crippen molar-refractivity contribution in [3.8, 4) is 0 Å². The molecule has 1 atom stereocenters. The van der Waals surface area contributed by atoms with E-state index in [4.69, 9.17) is 22.8 Å². The highest BCUT2D eigenvalue weighted by Gasteiger charge is 2.36. The summed E-state index contributed by atoms with van der Waals surface area (Å²) in [5, 5.41) is 9.64. The van der Waals surface area contributed by atoms with Gasteiger partial charge < -0.3 is 32.8 Å². The Bertz CT molecular complexity index is 462. The van der Waals surface area contributed by atoms with Crippen LogP contribution in [-0.4, -0.2) is 91.5 Å². The predicted molar refractivity (Wildman–Crippen MR) is 101 cm³/mol. The first-order chi connectivity index (χ1) is 12.7. The van der Waals surface area contributed by atoms with Gasteiger partial charge in [0.25, 0.3) is 0 Å². The van der Waals surface area contributed by atoms with E-state index < -0.39 is 26.8 Å². The number of esters is 2.